The summed E-state index contributed by atoms with van der Waals surface area (Å²) in [7, 11) is 0. The van der Waals surface area contributed by atoms with E-state index in [1.807, 2.05) is 6.08 Å². The predicted octanol–water partition coefficient (Wildman–Crippen LogP) is 6.02. The van der Waals surface area contributed by atoms with Gasteiger partial charge in [0, 0.05) is 0 Å². The van der Waals surface area contributed by atoms with E-state index < -0.39 is 0 Å². The highest BCUT2D eigenvalue weighted by atomic mass is 127. The summed E-state index contributed by atoms with van der Waals surface area (Å²) in [5.74, 6) is 0.567. The topological polar surface area (TPSA) is 0 Å². The molecule has 0 fully saturated rings. The van der Waals surface area contributed by atoms with E-state index in [4.69, 9.17) is 0 Å². The fourth-order valence-corrected chi connectivity index (χ4v) is 3.36. The molecule has 2 rings (SSSR count). The van der Waals surface area contributed by atoms with Crippen molar-refractivity contribution in [2.24, 2.45) is 5.92 Å². The highest BCUT2D eigenvalue weighted by molar-refractivity contribution is 14.1. The molecule has 0 nitrogen and oxygen atoms in total. The Bertz CT molecular complexity index is 520. The Kier molecular flexibility index (Phi) is 6.31. The fourth-order valence-electron chi connectivity index (χ4n) is 2.57. The molecule has 1 aliphatic carbocycles. The lowest BCUT2D eigenvalue weighted by Gasteiger charge is -2.20. The Balaban J connectivity index is 2.15. The third-order valence-corrected chi connectivity index (χ3v) is 4.36. The average molecular weight is 376 g/mol. The molecule has 0 amide bonds. The van der Waals surface area contributed by atoms with Gasteiger partial charge in [-0.05, 0) is 68.9 Å². The van der Waals surface area contributed by atoms with Gasteiger partial charge in [0.05, 0.1) is 0 Å². The molecule has 0 bridgehead atoms. The van der Waals surface area contributed by atoms with Gasteiger partial charge in [-0.2, -0.15) is 0 Å². The maximum Gasteiger partial charge on any atom is -0.00799 e. The molecule has 0 aliphatic heterocycles. The molecule has 1 unspecified atom stereocenters. The first-order valence-electron chi connectivity index (χ1n) is 7.17. The van der Waals surface area contributed by atoms with Crippen LogP contribution in [0.15, 0.2) is 76.4 Å². The van der Waals surface area contributed by atoms with E-state index in [1.54, 1.807) is 0 Å². The van der Waals surface area contributed by atoms with Crippen LogP contribution in [0.1, 0.15) is 24.8 Å². The molecular formula is C19H21I. The molecule has 0 radical (unpaired) electrons. The van der Waals surface area contributed by atoms with E-state index >= 15 is 0 Å². The summed E-state index contributed by atoms with van der Waals surface area (Å²) in [5.41, 5.74) is 2.91. The molecular weight excluding hydrogens is 355 g/mol. The number of rotatable bonds is 6. The average Bonchev–Trinajstić information content (AvgIpc) is 2.49. The van der Waals surface area contributed by atoms with Crippen molar-refractivity contribution in [2.75, 3.05) is 0 Å². The lowest BCUT2D eigenvalue weighted by molar-refractivity contribution is 0.624. The highest BCUT2D eigenvalue weighted by Gasteiger charge is 2.15. The highest BCUT2D eigenvalue weighted by Crippen LogP contribution is 2.30. The second-order valence-corrected chi connectivity index (χ2v) is 6.51. The summed E-state index contributed by atoms with van der Waals surface area (Å²) < 4.78 is 1.37. The van der Waals surface area contributed by atoms with Crippen LogP contribution in [0, 0.1) is 5.92 Å². The maximum absolute atomic E-state index is 3.79. The van der Waals surface area contributed by atoms with Crippen LogP contribution in [-0.2, 0) is 6.42 Å². The van der Waals surface area contributed by atoms with Crippen molar-refractivity contribution in [3.8, 4) is 0 Å². The van der Waals surface area contributed by atoms with Crippen molar-refractivity contribution in [3.63, 3.8) is 0 Å². The Morgan fingerprint density at radius 3 is 2.70 bits per heavy atom. The largest absolute Gasteiger partial charge is 0.0990 e. The zero-order valence-electron chi connectivity index (χ0n) is 11.8. The van der Waals surface area contributed by atoms with Crippen LogP contribution >= 0.6 is 22.6 Å². The van der Waals surface area contributed by atoms with Crippen molar-refractivity contribution in [1.29, 1.82) is 0 Å². The SMILES string of the molecule is C=C/C=C(/I)CC(Cc1ccccc1)C1=CCCC=C1. The van der Waals surface area contributed by atoms with Gasteiger partial charge >= 0.3 is 0 Å². The summed E-state index contributed by atoms with van der Waals surface area (Å²) >= 11 is 2.43. The Labute approximate surface area is 136 Å². The van der Waals surface area contributed by atoms with Gasteiger partial charge < -0.3 is 0 Å². The summed E-state index contributed by atoms with van der Waals surface area (Å²) in [6.07, 6.45) is 15.6. The lowest BCUT2D eigenvalue weighted by atomic mass is 9.86. The third kappa shape index (κ3) is 4.78. The quantitative estimate of drug-likeness (QED) is 0.421. The normalized spacial score (nSPS) is 16.6. The molecule has 0 heterocycles. The van der Waals surface area contributed by atoms with Gasteiger partial charge in [0.2, 0.25) is 0 Å². The van der Waals surface area contributed by atoms with Gasteiger partial charge in [-0.3, -0.25) is 0 Å². The number of allylic oxidation sites excluding steroid dienone is 7. The molecule has 104 valence electrons. The van der Waals surface area contributed by atoms with Crippen molar-refractivity contribution in [2.45, 2.75) is 25.7 Å². The van der Waals surface area contributed by atoms with Gasteiger partial charge in [-0.15, -0.1) is 0 Å². The minimum atomic E-state index is 0.567. The van der Waals surface area contributed by atoms with Crippen LogP contribution in [-0.4, -0.2) is 0 Å². The minimum absolute atomic E-state index is 0.567. The number of halogens is 1. The smallest absolute Gasteiger partial charge is 0.00799 e. The van der Waals surface area contributed by atoms with Crippen molar-refractivity contribution in [3.05, 3.63) is 82.0 Å². The summed E-state index contributed by atoms with van der Waals surface area (Å²) in [6.45, 7) is 3.79. The first-order valence-corrected chi connectivity index (χ1v) is 8.25. The van der Waals surface area contributed by atoms with Gasteiger partial charge in [0.1, 0.15) is 0 Å². The lowest BCUT2D eigenvalue weighted by Crippen LogP contribution is -2.08. The number of hydrogen-bond acceptors (Lipinski definition) is 0. The summed E-state index contributed by atoms with van der Waals surface area (Å²) in [5, 5.41) is 0. The van der Waals surface area contributed by atoms with Crippen LogP contribution in [0.3, 0.4) is 0 Å². The fraction of sp³-hybridized carbons (Fsp3) is 0.263. The third-order valence-electron chi connectivity index (χ3n) is 3.56. The van der Waals surface area contributed by atoms with E-state index in [1.165, 1.54) is 27.6 Å². The maximum atomic E-state index is 3.79. The Hall–Kier alpha value is -1.09. The van der Waals surface area contributed by atoms with Crippen LogP contribution in [0.5, 0.6) is 0 Å². The molecule has 1 aromatic rings. The molecule has 0 N–H and O–H groups in total. The zero-order chi connectivity index (χ0) is 14.2. The van der Waals surface area contributed by atoms with Gasteiger partial charge in [-0.25, -0.2) is 0 Å². The van der Waals surface area contributed by atoms with Crippen LogP contribution in [0.25, 0.3) is 0 Å². The molecule has 1 heteroatoms. The molecule has 1 aliphatic rings. The second kappa shape index (κ2) is 8.25. The van der Waals surface area contributed by atoms with E-state index in [9.17, 15) is 0 Å². The summed E-state index contributed by atoms with van der Waals surface area (Å²) in [4.78, 5) is 0. The monoisotopic (exact) mass is 376 g/mol. The molecule has 0 aromatic heterocycles. The number of benzene rings is 1. The molecule has 1 aromatic carbocycles. The first-order chi connectivity index (χ1) is 9.79. The van der Waals surface area contributed by atoms with Gasteiger partial charge in [-0.1, -0.05) is 67.3 Å². The van der Waals surface area contributed by atoms with Gasteiger partial charge in [0.15, 0.2) is 0 Å². The minimum Gasteiger partial charge on any atom is -0.0990 e. The van der Waals surface area contributed by atoms with E-state index in [0.29, 0.717) is 5.92 Å². The molecule has 0 saturated heterocycles. The Morgan fingerprint density at radius 1 is 1.25 bits per heavy atom. The van der Waals surface area contributed by atoms with Crippen LogP contribution in [0.2, 0.25) is 0 Å². The van der Waals surface area contributed by atoms with Gasteiger partial charge in [0.25, 0.3) is 0 Å². The summed E-state index contributed by atoms with van der Waals surface area (Å²) in [6, 6.07) is 10.8. The molecule has 1 atom stereocenters. The van der Waals surface area contributed by atoms with Crippen molar-refractivity contribution < 1.29 is 0 Å². The van der Waals surface area contributed by atoms with Crippen LogP contribution < -0.4 is 0 Å². The van der Waals surface area contributed by atoms with E-state index in [-0.39, 0.29) is 0 Å². The molecule has 0 spiro atoms. The second-order valence-electron chi connectivity index (χ2n) is 5.12. The van der Waals surface area contributed by atoms with Crippen molar-refractivity contribution >= 4 is 22.6 Å². The van der Waals surface area contributed by atoms with Crippen molar-refractivity contribution in [1.82, 2.24) is 0 Å². The van der Waals surface area contributed by atoms with Crippen LogP contribution in [0.4, 0.5) is 0 Å². The first kappa shape index (κ1) is 15.3. The number of hydrogen-bond donors (Lipinski definition) is 0. The zero-order valence-corrected chi connectivity index (χ0v) is 13.9. The predicted molar refractivity (Wildman–Crippen MR) is 97.0 cm³/mol. The van der Waals surface area contributed by atoms with E-state index in [2.05, 4.69) is 83.8 Å². The Morgan fingerprint density at radius 2 is 2.05 bits per heavy atom. The molecule has 0 saturated carbocycles. The molecule has 20 heavy (non-hydrogen) atoms. The standard InChI is InChI=1S/C19H21I/c1-2-9-19(20)15-18(17-12-7-4-8-13-17)14-16-10-5-3-6-11-16/h2-3,5-7,9-13,18H,1,4,8,14-15H2/b19-9+. The van der Waals surface area contributed by atoms with E-state index in [0.717, 1.165) is 12.8 Å².